The van der Waals surface area contributed by atoms with Crippen LogP contribution in [-0.4, -0.2) is 39.6 Å². The second-order valence-corrected chi connectivity index (χ2v) is 5.35. The summed E-state index contributed by atoms with van der Waals surface area (Å²) in [6.45, 7) is 3.72. The van der Waals surface area contributed by atoms with Gasteiger partial charge in [-0.2, -0.15) is 0 Å². The van der Waals surface area contributed by atoms with Crippen molar-refractivity contribution >= 4 is 17.7 Å². The molecule has 0 aliphatic carbocycles. The van der Waals surface area contributed by atoms with E-state index in [4.69, 9.17) is 4.74 Å². The van der Waals surface area contributed by atoms with Crippen LogP contribution in [0.25, 0.3) is 0 Å². The minimum Gasteiger partial charge on any atom is -0.497 e. The number of nitrogens with zero attached hydrogens (tertiary/aromatic N) is 2. The predicted octanol–water partition coefficient (Wildman–Crippen LogP) is 2.83. The Hall–Kier alpha value is -2.49. The number of ether oxygens (including phenoxy) is 1. The van der Waals surface area contributed by atoms with E-state index < -0.39 is 0 Å². The van der Waals surface area contributed by atoms with Gasteiger partial charge in [-0.05, 0) is 36.4 Å². The molecule has 1 fully saturated rings. The van der Waals surface area contributed by atoms with E-state index in [2.05, 4.69) is 21.9 Å². The molecule has 2 aromatic carbocycles. The number of methoxy groups -OCH3 is 1. The number of carbonyl (C=O) groups excluding carboxylic acids is 1. The first-order valence-corrected chi connectivity index (χ1v) is 7.50. The van der Waals surface area contributed by atoms with Crippen LogP contribution in [0.4, 0.5) is 11.4 Å². The summed E-state index contributed by atoms with van der Waals surface area (Å²) < 4.78 is 5.20. The van der Waals surface area contributed by atoms with E-state index in [1.54, 1.807) is 7.11 Å². The van der Waals surface area contributed by atoms with Crippen molar-refractivity contribution in [1.82, 2.24) is 0 Å². The normalized spacial score (nSPS) is 14.8. The van der Waals surface area contributed by atoms with Gasteiger partial charge in [-0.3, -0.25) is 4.79 Å². The van der Waals surface area contributed by atoms with Crippen LogP contribution >= 0.6 is 0 Å². The van der Waals surface area contributed by atoms with Gasteiger partial charge in [0.05, 0.1) is 7.11 Å². The quantitative estimate of drug-likeness (QED) is 0.812. The van der Waals surface area contributed by atoms with E-state index in [0.29, 0.717) is 0 Å². The highest BCUT2D eigenvalue weighted by molar-refractivity contribution is 5.84. The van der Waals surface area contributed by atoms with Gasteiger partial charge in [0.15, 0.2) is 6.29 Å². The molecule has 114 valence electrons. The van der Waals surface area contributed by atoms with Gasteiger partial charge in [0.25, 0.3) is 0 Å². The summed E-state index contributed by atoms with van der Waals surface area (Å²) in [5.41, 5.74) is 3.01. The molecule has 0 bridgehead atoms. The van der Waals surface area contributed by atoms with Crippen molar-refractivity contribution in [3.8, 4) is 5.75 Å². The SMILES string of the molecule is COc1ccc(N2CCN(c3ccccc3C=O)CC2)cc1. The summed E-state index contributed by atoms with van der Waals surface area (Å²) in [7, 11) is 1.68. The number of para-hydroxylation sites is 1. The van der Waals surface area contributed by atoms with Crippen LogP contribution in [0.15, 0.2) is 48.5 Å². The summed E-state index contributed by atoms with van der Waals surface area (Å²) in [6, 6.07) is 15.9. The van der Waals surface area contributed by atoms with E-state index >= 15 is 0 Å². The second kappa shape index (κ2) is 6.52. The number of piperazine rings is 1. The van der Waals surface area contributed by atoms with Crippen LogP contribution < -0.4 is 14.5 Å². The highest BCUT2D eigenvalue weighted by Crippen LogP contribution is 2.24. The Morgan fingerprint density at radius 3 is 2.18 bits per heavy atom. The number of aldehydes is 1. The fourth-order valence-electron chi connectivity index (χ4n) is 2.87. The van der Waals surface area contributed by atoms with Crippen LogP contribution in [-0.2, 0) is 0 Å². The van der Waals surface area contributed by atoms with Crippen molar-refractivity contribution in [1.29, 1.82) is 0 Å². The highest BCUT2D eigenvalue weighted by Gasteiger charge is 2.19. The Morgan fingerprint density at radius 2 is 1.55 bits per heavy atom. The summed E-state index contributed by atoms with van der Waals surface area (Å²) in [4.78, 5) is 15.8. The Morgan fingerprint density at radius 1 is 0.909 bits per heavy atom. The largest absolute Gasteiger partial charge is 0.497 e. The Labute approximate surface area is 130 Å². The van der Waals surface area contributed by atoms with E-state index in [9.17, 15) is 4.79 Å². The molecular weight excluding hydrogens is 276 g/mol. The molecule has 1 aliphatic heterocycles. The number of benzene rings is 2. The minimum atomic E-state index is 0.764. The summed E-state index contributed by atoms with van der Waals surface area (Å²) >= 11 is 0. The zero-order valence-electron chi connectivity index (χ0n) is 12.7. The standard InChI is InChI=1S/C18H20N2O2/c1-22-17-8-6-16(7-9-17)19-10-12-20(13-11-19)18-5-3-2-4-15(18)14-21/h2-9,14H,10-13H2,1H3. The van der Waals surface area contributed by atoms with E-state index in [1.165, 1.54) is 5.69 Å². The lowest BCUT2D eigenvalue weighted by Gasteiger charge is -2.37. The van der Waals surface area contributed by atoms with Crippen molar-refractivity contribution < 1.29 is 9.53 Å². The third-order valence-electron chi connectivity index (χ3n) is 4.12. The maximum atomic E-state index is 11.2. The zero-order chi connectivity index (χ0) is 15.4. The van der Waals surface area contributed by atoms with Crippen LogP contribution in [0.2, 0.25) is 0 Å². The van der Waals surface area contributed by atoms with E-state index in [0.717, 1.165) is 49.5 Å². The molecule has 1 saturated heterocycles. The van der Waals surface area contributed by atoms with Gasteiger partial charge in [0, 0.05) is 43.1 Å². The third kappa shape index (κ3) is 2.91. The predicted molar refractivity (Wildman–Crippen MR) is 89.2 cm³/mol. The molecule has 0 radical (unpaired) electrons. The van der Waals surface area contributed by atoms with Crippen LogP contribution in [0.5, 0.6) is 5.75 Å². The van der Waals surface area contributed by atoms with Crippen molar-refractivity contribution in [2.45, 2.75) is 0 Å². The van der Waals surface area contributed by atoms with Crippen LogP contribution in [0.3, 0.4) is 0 Å². The first-order valence-electron chi connectivity index (χ1n) is 7.50. The number of rotatable bonds is 4. The smallest absolute Gasteiger partial charge is 0.152 e. The zero-order valence-corrected chi connectivity index (χ0v) is 12.7. The molecule has 0 saturated carbocycles. The van der Waals surface area contributed by atoms with Gasteiger partial charge in [0.1, 0.15) is 5.75 Å². The van der Waals surface area contributed by atoms with Crippen molar-refractivity contribution in [3.05, 3.63) is 54.1 Å². The van der Waals surface area contributed by atoms with Crippen molar-refractivity contribution in [2.24, 2.45) is 0 Å². The number of hydrogen-bond donors (Lipinski definition) is 0. The Bertz CT molecular complexity index is 632. The van der Waals surface area contributed by atoms with Gasteiger partial charge in [0.2, 0.25) is 0 Å². The second-order valence-electron chi connectivity index (χ2n) is 5.35. The topological polar surface area (TPSA) is 32.8 Å². The van der Waals surface area contributed by atoms with Crippen molar-refractivity contribution in [3.63, 3.8) is 0 Å². The molecule has 4 heteroatoms. The average molecular weight is 296 g/mol. The minimum absolute atomic E-state index is 0.764. The Kier molecular flexibility index (Phi) is 4.28. The molecule has 0 aromatic heterocycles. The molecule has 2 aromatic rings. The van der Waals surface area contributed by atoms with Gasteiger partial charge in [-0.15, -0.1) is 0 Å². The monoisotopic (exact) mass is 296 g/mol. The maximum Gasteiger partial charge on any atom is 0.152 e. The lowest BCUT2D eigenvalue weighted by molar-refractivity contribution is 0.112. The number of anilines is 2. The fraction of sp³-hybridized carbons (Fsp3) is 0.278. The molecule has 1 aliphatic rings. The molecule has 0 spiro atoms. The number of hydrogen-bond acceptors (Lipinski definition) is 4. The van der Waals surface area contributed by atoms with Crippen LogP contribution in [0, 0.1) is 0 Å². The Balaban J connectivity index is 1.68. The summed E-state index contributed by atoms with van der Waals surface area (Å²) in [6.07, 6.45) is 0.936. The third-order valence-corrected chi connectivity index (χ3v) is 4.12. The molecule has 3 rings (SSSR count). The van der Waals surface area contributed by atoms with E-state index in [-0.39, 0.29) is 0 Å². The van der Waals surface area contributed by atoms with Crippen LogP contribution in [0.1, 0.15) is 10.4 Å². The van der Waals surface area contributed by atoms with E-state index in [1.807, 2.05) is 36.4 Å². The molecular formula is C18H20N2O2. The lowest BCUT2D eigenvalue weighted by atomic mass is 10.1. The first-order chi connectivity index (χ1) is 10.8. The van der Waals surface area contributed by atoms with Gasteiger partial charge < -0.3 is 14.5 Å². The fourth-order valence-corrected chi connectivity index (χ4v) is 2.87. The lowest BCUT2D eigenvalue weighted by Crippen LogP contribution is -2.46. The summed E-state index contributed by atoms with van der Waals surface area (Å²) in [5, 5.41) is 0. The molecule has 0 atom stereocenters. The van der Waals surface area contributed by atoms with Gasteiger partial charge in [-0.25, -0.2) is 0 Å². The molecule has 1 heterocycles. The molecule has 0 N–H and O–H groups in total. The number of carbonyl (C=O) groups is 1. The van der Waals surface area contributed by atoms with Crippen molar-refractivity contribution in [2.75, 3.05) is 43.1 Å². The molecule has 22 heavy (non-hydrogen) atoms. The van der Waals surface area contributed by atoms with Gasteiger partial charge >= 0.3 is 0 Å². The maximum absolute atomic E-state index is 11.2. The highest BCUT2D eigenvalue weighted by atomic mass is 16.5. The van der Waals surface area contributed by atoms with Gasteiger partial charge in [-0.1, -0.05) is 12.1 Å². The molecule has 0 amide bonds. The molecule has 4 nitrogen and oxygen atoms in total. The average Bonchev–Trinajstić information content (AvgIpc) is 2.62. The molecule has 0 unspecified atom stereocenters. The first kappa shape index (κ1) is 14.4. The summed E-state index contributed by atoms with van der Waals surface area (Å²) in [5.74, 6) is 0.877.